The summed E-state index contributed by atoms with van der Waals surface area (Å²) in [6, 6.07) is 23.2. The van der Waals surface area contributed by atoms with Gasteiger partial charge in [0.1, 0.15) is 0 Å². The van der Waals surface area contributed by atoms with Crippen molar-refractivity contribution in [1.82, 2.24) is 0 Å². The molecule has 166 valence electrons. The summed E-state index contributed by atoms with van der Waals surface area (Å²) in [5, 5.41) is 1.01. The van der Waals surface area contributed by atoms with Crippen molar-refractivity contribution in [2.45, 2.75) is 38.0 Å². The van der Waals surface area contributed by atoms with E-state index in [9.17, 15) is 9.59 Å². The number of carbonyl (C=O) groups is 2. The van der Waals surface area contributed by atoms with E-state index in [0.717, 1.165) is 28.1 Å². The van der Waals surface area contributed by atoms with E-state index in [4.69, 9.17) is 23.2 Å². The highest BCUT2D eigenvalue weighted by molar-refractivity contribution is 6.35. The molecule has 0 spiro atoms. The molecule has 0 N–H and O–H groups in total. The molecule has 0 fully saturated rings. The molecular weight excluding hydrogens is 453 g/mol. The number of ketones is 1. The molecule has 0 bridgehead atoms. The number of nitrogens with zero attached hydrogens (tertiary/aromatic N) is 1. The van der Waals surface area contributed by atoms with Gasteiger partial charge in [0.15, 0.2) is 5.78 Å². The maximum atomic E-state index is 13.7. The monoisotopic (exact) mass is 475 g/mol. The normalized spacial score (nSPS) is 20.8. The SMILES string of the molecule is Cc1ccccc1N1C(=O)CC(c2ccc(Cl)cc2Cl)C2=C1CC(c1ccccc1)CC2=O. The standard InChI is InChI=1S/C28H23Cl2NO2/c1-17-7-5-6-10-24(17)31-25-13-19(18-8-3-2-4-9-18)14-26(32)28(25)22(16-27(31)33)21-12-11-20(29)15-23(21)30/h2-12,15,19,22H,13-14,16H2,1H3. The van der Waals surface area contributed by atoms with E-state index in [2.05, 4.69) is 12.1 Å². The Balaban J connectivity index is 1.69. The number of hydrogen-bond donors (Lipinski definition) is 0. The summed E-state index contributed by atoms with van der Waals surface area (Å²) in [5.41, 5.74) is 5.21. The number of rotatable bonds is 3. The quantitative estimate of drug-likeness (QED) is 0.400. The van der Waals surface area contributed by atoms with E-state index in [1.807, 2.05) is 55.5 Å². The molecule has 1 amide bonds. The number of Topliss-reactive ketones (excluding diaryl/α,β-unsaturated/α-hetero) is 1. The largest absolute Gasteiger partial charge is 0.294 e. The van der Waals surface area contributed by atoms with Gasteiger partial charge in [0, 0.05) is 40.1 Å². The van der Waals surface area contributed by atoms with Gasteiger partial charge in [-0.3, -0.25) is 14.5 Å². The minimum Gasteiger partial charge on any atom is -0.294 e. The topological polar surface area (TPSA) is 37.4 Å². The highest BCUT2D eigenvalue weighted by Gasteiger charge is 2.43. The van der Waals surface area contributed by atoms with E-state index >= 15 is 0 Å². The molecular formula is C28H23Cl2NO2. The third kappa shape index (κ3) is 4.01. The lowest BCUT2D eigenvalue weighted by Crippen LogP contribution is -2.42. The molecule has 0 radical (unpaired) electrons. The van der Waals surface area contributed by atoms with Gasteiger partial charge in [0.2, 0.25) is 5.91 Å². The number of allylic oxidation sites excluding steroid dienone is 2. The Morgan fingerprint density at radius 3 is 2.30 bits per heavy atom. The molecule has 3 nitrogen and oxygen atoms in total. The van der Waals surface area contributed by atoms with Crippen LogP contribution in [-0.4, -0.2) is 11.7 Å². The number of aryl methyl sites for hydroxylation is 1. The molecule has 1 heterocycles. The van der Waals surface area contributed by atoms with Crippen LogP contribution in [0.2, 0.25) is 10.0 Å². The third-order valence-electron chi connectivity index (χ3n) is 6.69. The van der Waals surface area contributed by atoms with Crippen molar-refractivity contribution in [3.63, 3.8) is 0 Å². The summed E-state index contributed by atoms with van der Waals surface area (Å²) in [5.74, 6) is -0.300. The molecule has 1 aliphatic carbocycles. The Kier molecular flexibility index (Phi) is 5.86. The second-order valence-corrected chi connectivity index (χ2v) is 9.58. The Hall–Kier alpha value is -2.88. The van der Waals surface area contributed by atoms with Gasteiger partial charge in [-0.25, -0.2) is 0 Å². The van der Waals surface area contributed by atoms with Crippen LogP contribution in [0.25, 0.3) is 0 Å². The smallest absolute Gasteiger partial charge is 0.232 e. The fourth-order valence-electron chi connectivity index (χ4n) is 5.14. The maximum Gasteiger partial charge on any atom is 0.232 e. The van der Waals surface area contributed by atoms with Crippen LogP contribution in [0.4, 0.5) is 5.69 Å². The van der Waals surface area contributed by atoms with Crippen LogP contribution in [0.5, 0.6) is 0 Å². The summed E-state index contributed by atoms with van der Waals surface area (Å²) in [6.45, 7) is 1.99. The van der Waals surface area contributed by atoms with Crippen LogP contribution in [0.15, 0.2) is 84.1 Å². The predicted octanol–water partition coefficient (Wildman–Crippen LogP) is 7.22. The number of hydrogen-bond acceptors (Lipinski definition) is 2. The second kappa shape index (κ2) is 8.81. The first-order valence-electron chi connectivity index (χ1n) is 11.1. The molecule has 2 atom stereocenters. The Labute approximate surface area is 203 Å². The second-order valence-electron chi connectivity index (χ2n) is 8.74. The zero-order valence-corrected chi connectivity index (χ0v) is 19.7. The van der Waals surface area contributed by atoms with Crippen LogP contribution in [-0.2, 0) is 9.59 Å². The molecule has 0 saturated carbocycles. The van der Waals surface area contributed by atoms with Crippen LogP contribution in [0.1, 0.15) is 47.8 Å². The van der Waals surface area contributed by atoms with Gasteiger partial charge >= 0.3 is 0 Å². The van der Waals surface area contributed by atoms with Crippen molar-refractivity contribution < 1.29 is 9.59 Å². The van der Waals surface area contributed by atoms with Crippen LogP contribution < -0.4 is 4.90 Å². The maximum absolute atomic E-state index is 13.7. The molecule has 0 saturated heterocycles. The van der Waals surface area contributed by atoms with Gasteiger partial charge in [-0.2, -0.15) is 0 Å². The van der Waals surface area contributed by atoms with Crippen molar-refractivity contribution in [3.8, 4) is 0 Å². The summed E-state index contributed by atoms with van der Waals surface area (Å²) >= 11 is 12.7. The van der Waals surface area contributed by atoms with Crippen LogP contribution >= 0.6 is 23.2 Å². The van der Waals surface area contributed by atoms with E-state index in [-0.39, 0.29) is 29.9 Å². The molecule has 1 aliphatic heterocycles. The first kappa shape index (κ1) is 21.9. The molecule has 0 aromatic heterocycles. The zero-order valence-electron chi connectivity index (χ0n) is 18.2. The molecule has 2 unspecified atom stereocenters. The van der Waals surface area contributed by atoms with E-state index < -0.39 is 0 Å². The van der Waals surface area contributed by atoms with Crippen molar-refractivity contribution >= 4 is 40.6 Å². The predicted molar refractivity (Wildman–Crippen MR) is 133 cm³/mol. The highest BCUT2D eigenvalue weighted by Crippen LogP contribution is 2.48. The molecule has 3 aromatic carbocycles. The third-order valence-corrected chi connectivity index (χ3v) is 7.26. The van der Waals surface area contributed by atoms with Gasteiger partial charge in [-0.1, -0.05) is 77.8 Å². The molecule has 5 heteroatoms. The minimum atomic E-state index is -0.373. The van der Waals surface area contributed by atoms with E-state index in [0.29, 0.717) is 28.5 Å². The van der Waals surface area contributed by atoms with Crippen LogP contribution in [0.3, 0.4) is 0 Å². The molecule has 5 rings (SSSR count). The Morgan fingerprint density at radius 2 is 1.58 bits per heavy atom. The summed E-state index contributed by atoms with van der Waals surface area (Å²) in [4.78, 5) is 29.1. The van der Waals surface area contributed by atoms with Gasteiger partial charge in [-0.15, -0.1) is 0 Å². The highest BCUT2D eigenvalue weighted by atomic mass is 35.5. The van der Waals surface area contributed by atoms with Gasteiger partial charge in [0.25, 0.3) is 0 Å². The number of amides is 1. The summed E-state index contributed by atoms with van der Waals surface area (Å²) in [7, 11) is 0. The number of anilines is 1. The minimum absolute atomic E-state index is 0.0243. The van der Waals surface area contributed by atoms with Crippen molar-refractivity contribution in [1.29, 1.82) is 0 Å². The Morgan fingerprint density at radius 1 is 0.848 bits per heavy atom. The van der Waals surface area contributed by atoms with Crippen molar-refractivity contribution in [3.05, 3.63) is 111 Å². The van der Waals surface area contributed by atoms with Gasteiger partial charge in [-0.05, 0) is 54.2 Å². The first-order valence-corrected chi connectivity index (χ1v) is 11.8. The number of para-hydroxylation sites is 1. The average Bonchev–Trinajstić information content (AvgIpc) is 2.80. The molecule has 33 heavy (non-hydrogen) atoms. The zero-order chi connectivity index (χ0) is 23.1. The lowest BCUT2D eigenvalue weighted by atomic mass is 9.72. The number of halogens is 2. The van der Waals surface area contributed by atoms with Crippen molar-refractivity contribution in [2.24, 2.45) is 0 Å². The number of carbonyl (C=O) groups excluding carboxylic acids is 2. The summed E-state index contributed by atoms with van der Waals surface area (Å²) in [6.07, 6.45) is 1.23. The fourth-order valence-corrected chi connectivity index (χ4v) is 5.68. The van der Waals surface area contributed by atoms with Gasteiger partial charge < -0.3 is 0 Å². The molecule has 3 aromatic rings. The summed E-state index contributed by atoms with van der Waals surface area (Å²) < 4.78 is 0. The lowest BCUT2D eigenvalue weighted by molar-refractivity contribution is -0.120. The van der Waals surface area contributed by atoms with Gasteiger partial charge in [0.05, 0.1) is 5.69 Å². The lowest BCUT2D eigenvalue weighted by Gasteiger charge is -2.41. The number of benzene rings is 3. The van der Waals surface area contributed by atoms with E-state index in [1.165, 1.54) is 0 Å². The Bertz CT molecular complexity index is 1280. The van der Waals surface area contributed by atoms with Crippen LogP contribution in [0, 0.1) is 6.92 Å². The van der Waals surface area contributed by atoms with Crippen molar-refractivity contribution in [2.75, 3.05) is 4.90 Å². The molecule has 2 aliphatic rings. The average molecular weight is 476 g/mol. The first-order chi connectivity index (χ1) is 15.9. The fraction of sp³-hybridized carbons (Fsp3) is 0.214. The van der Waals surface area contributed by atoms with E-state index in [1.54, 1.807) is 17.0 Å².